The zero-order valence-electron chi connectivity index (χ0n) is 5.35. The summed E-state index contributed by atoms with van der Waals surface area (Å²) in [6, 6.07) is 0. The van der Waals surface area contributed by atoms with Crippen LogP contribution in [0.5, 0.6) is 0 Å². The van der Waals surface area contributed by atoms with Crippen LogP contribution in [0.2, 0.25) is 0 Å². The van der Waals surface area contributed by atoms with Crippen LogP contribution >= 0.6 is 0 Å². The third kappa shape index (κ3) is 1.46. The van der Waals surface area contributed by atoms with Gasteiger partial charge in [0.2, 0.25) is 0 Å². The summed E-state index contributed by atoms with van der Waals surface area (Å²) in [7, 11) is 0. The normalized spacial score (nSPS) is 23.2. The molecule has 1 atom stereocenters. The second kappa shape index (κ2) is 2.46. The Balaban J connectivity index is 2.03. The maximum atomic E-state index is 5.14. The van der Waals surface area contributed by atoms with Crippen molar-refractivity contribution in [2.45, 2.75) is 19.8 Å². The average Bonchev–Trinajstić information content (AvgIpc) is 2.45. The standard InChI is InChI=1S/C6H14N2/c1-5(4-8-7)6-2-3-6/h5-6,8H,2-4,7H2,1H3. The molecule has 0 aromatic heterocycles. The van der Waals surface area contributed by atoms with Gasteiger partial charge in [-0.15, -0.1) is 0 Å². The van der Waals surface area contributed by atoms with Crippen LogP contribution in [0.3, 0.4) is 0 Å². The lowest BCUT2D eigenvalue weighted by atomic mass is 10.1. The van der Waals surface area contributed by atoms with Crippen molar-refractivity contribution < 1.29 is 0 Å². The van der Waals surface area contributed by atoms with Gasteiger partial charge in [-0.3, -0.25) is 11.3 Å². The number of hydrogen-bond donors (Lipinski definition) is 2. The van der Waals surface area contributed by atoms with E-state index in [4.69, 9.17) is 5.84 Å². The molecule has 1 aliphatic carbocycles. The van der Waals surface area contributed by atoms with Crippen LogP contribution in [0.4, 0.5) is 0 Å². The van der Waals surface area contributed by atoms with Gasteiger partial charge >= 0.3 is 0 Å². The highest BCUT2D eigenvalue weighted by molar-refractivity contribution is 4.78. The fraction of sp³-hybridized carbons (Fsp3) is 1.00. The second-order valence-corrected chi connectivity index (χ2v) is 2.72. The Kier molecular flexibility index (Phi) is 1.86. The molecule has 48 valence electrons. The van der Waals surface area contributed by atoms with Crippen LogP contribution in [-0.4, -0.2) is 6.54 Å². The summed E-state index contributed by atoms with van der Waals surface area (Å²) in [6.45, 7) is 3.22. The van der Waals surface area contributed by atoms with Crippen LogP contribution in [-0.2, 0) is 0 Å². The summed E-state index contributed by atoms with van der Waals surface area (Å²) in [5.74, 6) is 6.91. The highest BCUT2D eigenvalue weighted by Crippen LogP contribution is 2.35. The number of nitrogens with two attached hydrogens (primary N) is 1. The lowest BCUT2D eigenvalue weighted by molar-refractivity contribution is 0.469. The first-order valence-corrected chi connectivity index (χ1v) is 3.28. The Morgan fingerprint density at radius 2 is 2.38 bits per heavy atom. The van der Waals surface area contributed by atoms with E-state index in [1.807, 2.05) is 0 Å². The first-order chi connectivity index (χ1) is 3.84. The molecule has 1 rings (SSSR count). The molecule has 1 aliphatic rings. The molecule has 3 N–H and O–H groups in total. The van der Waals surface area contributed by atoms with Gasteiger partial charge in [-0.2, -0.15) is 0 Å². The van der Waals surface area contributed by atoms with E-state index in [9.17, 15) is 0 Å². The summed E-state index contributed by atoms with van der Waals surface area (Å²) < 4.78 is 0. The van der Waals surface area contributed by atoms with Crippen molar-refractivity contribution in [3.05, 3.63) is 0 Å². The molecule has 0 amide bonds. The Bertz CT molecular complexity index is 68.9. The van der Waals surface area contributed by atoms with Gasteiger partial charge in [0.25, 0.3) is 0 Å². The molecule has 8 heavy (non-hydrogen) atoms. The number of hydrogen-bond acceptors (Lipinski definition) is 2. The smallest absolute Gasteiger partial charge is 0.0126 e. The van der Waals surface area contributed by atoms with E-state index in [1.165, 1.54) is 12.8 Å². The Hall–Kier alpha value is -0.0800. The zero-order valence-corrected chi connectivity index (χ0v) is 5.35. The summed E-state index contributed by atoms with van der Waals surface area (Å²) in [5.41, 5.74) is 2.69. The third-order valence-electron chi connectivity index (χ3n) is 1.87. The van der Waals surface area contributed by atoms with Gasteiger partial charge in [0.15, 0.2) is 0 Å². The van der Waals surface area contributed by atoms with Gasteiger partial charge in [-0.1, -0.05) is 6.92 Å². The van der Waals surface area contributed by atoms with Crippen molar-refractivity contribution in [3.8, 4) is 0 Å². The third-order valence-corrected chi connectivity index (χ3v) is 1.87. The van der Waals surface area contributed by atoms with Gasteiger partial charge in [0.05, 0.1) is 0 Å². The van der Waals surface area contributed by atoms with Gasteiger partial charge in [0.1, 0.15) is 0 Å². The van der Waals surface area contributed by atoms with Crippen LogP contribution in [0.1, 0.15) is 19.8 Å². The molecular weight excluding hydrogens is 100 g/mol. The molecule has 2 heteroatoms. The molecule has 0 saturated heterocycles. The van der Waals surface area contributed by atoms with Crippen molar-refractivity contribution in [1.82, 2.24) is 5.43 Å². The largest absolute Gasteiger partial charge is 0.271 e. The van der Waals surface area contributed by atoms with Gasteiger partial charge in [-0.25, -0.2) is 0 Å². The highest BCUT2D eigenvalue weighted by Gasteiger charge is 2.26. The van der Waals surface area contributed by atoms with Crippen LogP contribution in [0, 0.1) is 11.8 Å². The molecule has 0 heterocycles. The van der Waals surface area contributed by atoms with Crippen molar-refractivity contribution in [1.29, 1.82) is 0 Å². The number of hydrazine groups is 1. The Morgan fingerprint density at radius 1 is 1.75 bits per heavy atom. The van der Waals surface area contributed by atoms with Crippen molar-refractivity contribution in [3.63, 3.8) is 0 Å². The first kappa shape index (κ1) is 6.05. The van der Waals surface area contributed by atoms with Gasteiger partial charge in [0, 0.05) is 6.54 Å². The molecule has 0 aromatic carbocycles. The molecule has 0 aliphatic heterocycles. The van der Waals surface area contributed by atoms with Crippen molar-refractivity contribution >= 4 is 0 Å². The molecule has 2 nitrogen and oxygen atoms in total. The lowest BCUT2D eigenvalue weighted by Crippen LogP contribution is -2.28. The molecule has 1 saturated carbocycles. The van der Waals surface area contributed by atoms with Gasteiger partial charge < -0.3 is 0 Å². The topological polar surface area (TPSA) is 38.0 Å². The summed E-state index contributed by atoms with van der Waals surface area (Å²) in [4.78, 5) is 0. The highest BCUT2D eigenvalue weighted by atomic mass is 15.2. The molecule has 1 unspecified atom stereocenters. The minimum Gasteiger partial charge on any atom is -0.271 e. The van der Waals surface area contributed by atoms with E-state index in [-0.39, 0.29) is 0 Å². The first-order valence-electron chi connectivity index (χ1n) is 3.28. The Morgan fingerprint density at radius 3 is 2.75 bits per heavy atom. The number of rotatable bonds is 3. The van der Waals surface area contributed by atoms with E-state index in [2.05, 4.69) is 12.3 Å². The van der Waals surface area contributed by atoms with E-state index in [1.54, 1.807) is 0 Å². The second-order valence-electron chi connectivity index (χ2n) is 2.72. The molecular formula is C6H14N2. The molecule has 1 fully saturated rings. The summed E-state index contributed by atoms with van der Waals surface area (Å²) in [5, 5.41) is 0. The predicted octanol–water partition coefficient (Wildman–Crippen LogP) is 0.496. The van der Waals surface area contributed by atoms with E-state index in [0.717, 1.165) is 18.4 Å². The van der Waals surface area contributed by atoms with Crippen LogP contribution in [0.25, 0.3) is 0 Å². The van der Waals surface area contributed by atoms with Crippen molar-refractivity contribution in [2.75, 3.05) is 6.54 Å². The monoisotopic (exact) mass is 114 g/mol. The fourth-order valence-electron chi connectivity index (χ4n) is 1.02. The van der Waals surface area contributed by atoms with E-state index >= 15 is 0 Å². The molecule has 0 radical (unpaired) electrons. The predicted molar refractivity (Wildman–Crippen MR) is 34.1 cm³/mol. The zero-order chi connectivity index (χ0) is 5.98. The maximum Gasteiger partial charge on any atom is 0.0126 e. The Labute approximate surface area is 50.4 Å². The quantitative estimate of drug-likeness (QED) is 0.414. The number of nitrogens with one attached hydrogen (secondary N) is 1. The van der Waals surface area contributed by atoms with E-state index in [0.29, 0.717) is 0 Å². The van der Waals surface area contributed by atoms with Crippen LogP contribution < -0.4 is 11.3 Å². The van der Waals surface area contributed by atoms with E-state index < -0.39 is 0 Å². The SMILES string of the molecule is CC(CNN)C1CC1. The molecule has 0 bridgehead atoms. The van der Waals surface area contributed by atoms with Crippen molar-refractivity contribution in [2.24, 2.45) is 17.7 Å². The molecule has 0 aromatic rings. The van der Waals surface area contributed by atoms with Gasteiger partial charge in [-0.05, 0) is 24.7 Å². The maximum absolute atomic E-state index is 5.14. The average molecular weight is 114 g/mol. The minimum atomic E-state index is 0.792. The summed E-state index contributed by atoms with van der Waals surface area (Å²) in [6.07, 6.45) is 2.84. The fourth-order valence-corrected chi connectivity index (χ4v) is 1.02. The molecule has 0 spiro atoms. The minimum absolute atomic E-state index is 0.792. The van der Waals surface area contributed by atoms with Crippen LogP contribution in [0.15, 0.2) is 0 Å². The lowest BCUT2D eigenvalue weighted by Gasteiger charge is -2.06. The summed E-state index contributed by atoms with van der Waals surface area (Å²) >= 11 is 0.